The fraction of sp³-hybridized carbons (Fsp3) is 0.263. The number of allylic oxidation sites excluding steroid dienone is 1. The molecule has 0 atom stereocenters. The van der Waals surface area contributed by atoms with Crippen LogP contribution in [0.4, 0.5) is 17.2 Å². The van der Waals surface area contributed by atoms with E-state index >= 15 is 0 Å². The molecule has 3 heterocycles. The molecule has 2 aliphatic heterocycles. The van der Waals surface area contributed by atoms with Crippen LogP contribution in [0.3, 0.4) is 0 Å². The number of hydrogen-bond donors (Lipinski definition) is 3. The van der Waals surface area contributed by atoms with Gasteiger partial charge >= 0.3 is 151 Å². The Bertz CT molecular complexity index is 887. The summed E-state index contributed by atoms with van der Waals surface area (Å²) in [6.07, 6.45) is 2.83. The fourth-order valence-corrected chi connectivity index (χ4v) is 5.06. The standard InChI is InChI=1S/C19H20IN4O/c1-19(2)7-8-22-14-5-4-12(9-13(14)19)24-15-6-3-11(10-23-15)16-17(21)20-18(16)25/h3-6,9-10,22H,7-8,21H2,1-2H3,(H,23,24)/q-1. The molecular formula is C19H20IN4O-. The number of rotatable bonds is 3. The van der Waals surface area contributed by atoms with Crippen LogP contribution in [0.5, 0.6) is 0 Å². The number of carbonyl (C=O) groups excluding carboxylic acids is 1. The van der Waals surface area contributed by atoms with Crippen LogP contribution in [0, 0.1) is 0 Å². The first kappa shape index (κ1) is 16.4. The van der Waals surface area contributed by atoms with Gasteiger partial charge in [0.15, 0.2) is 0 Å². The molecule has 0 fully saturated rings. The molecular weight excluding hydrogens is 427 g/mol. The molecule has 1 aromatic carbocycles. The zero-order chi connectivity index (χ0) is 17.6. The van der Waals surface area contributed by atoms with E-state index in [2.05, 4.69) is 47.7 Å². The third-order valence-corrected chi connectivity index (χ3v) is 6.91. The number of nitrogens with one attached hydrogen (secondary N) is 2. The number of nitrogens with zero attached hydrogens (tertiary/aromatic N) is 1. The predicted molar refractivity (Wildman–Crippen MR) is 96.2 cm³/mol. The van der Waals surface area contributed by atoms with Gasteiger partial charge in [-0.2, -0.15) is 0 Å². The minimum absolute atomic E-state index is 0.160. The van der Waals surface area contributed by atoms with Crippen molar-refractivity contribution in [3.63, 3.8) is 0 Å². The Kier molecular flexibility index (Phi) is 3.94. The summed E-state index contributed by atoms with van der Waals surface area (Å²) >= 11 is -0.595. The number of aromatic nitrogens is 1. The van der Waals surface area contributed by atoms with Crippen LogP contribution in [0.15, 0.2) is 40.2 Å². The molecule has 0 bridgehead atoms. The van der Waals surface area contributed by atoms with E-state index in [9.17, 15) is 4.79 Å². The van der Waals surface area contributed by atoms with E-state index in [-0.39, 0.29) is 9.20 Å². The van der Waals surface area contributed by atoms with Gasteiger partial charge in [0.25, 0.3) is 0 Å². The van der Waals surface area contributed by atoms with Crippen LogP contribution in [0.25, 0.3) is 5.57 Å². The molecule has 0 aliphatic carbocycles. The molecule has 0 spiro atoms. The van der Waals surface area contributed by atoms with Gasteiger partial charge in [0.2, 0.25) is 0 Å². The monoisotopic (exact) mass is 447 g/mol. The summed E-state index contributed by atoms with van der Waals surface area (Å²) in [5.41, 5.74) is 11.0. The fourth-order valence-electron chi connectivity index (χ4n) is 3.23. The Labute approximate surface area is 157 Å². The SMILES string of the molecule is CC1(C)CCNc2ccc(Nc3ccc(C4=C(N)[I-]C4=O)cn3)cc21. The molecule has 6 heteroatoms. The van der Waals surface area contributed by atoms with Gasteiger partial charge in [-0.15, -0.1) is 0 Å². The van der Waals surface area contributed by atoms with Crippen LogP contribution in [0.2, 0.25) is 0 Å². The summed E-state index contributed by atoms with van der Waals surface area (Å²) in [5.74, 6) is 0.755. The molecule has 130 valence electrons. The summed E-state index contributed by atoms with van der Waals surface area (Å²) < 4.78 is 0.957. The Hall–Kier alpha value is -2.09. The maximum absolute atomic E-state index is 11.7. The molecule has 4 N–H and O–H groups in total. The Balaban J connectivity index is 1.57. The average molecular weight is 447 g/mol. The molecule has 5 nitrogen and oxygen atoms in total. The van der Waals surface area contributed by atoms with Crippen molar-refractivity contribution in [3.8, 4) is 0 Å². The zero-order valence-corrected chi connectivity index (χ0v) is 16.3. The second kappa shape index (κ2) is 6.01. The number of pyridine rings is 1. The van der Waals surface area contributed by atoms with Crippen molar-refractivity contribution in [3.05, 3.63) is 51.4 Å². The van der Waals surface area contributed by atoms with Crippen molar-refractivity contribution in [2.24, 2.45) is 5.73 Å². The van der Waals surface area contributed by atoms with Gasteiger partial charge < -0.3 is 0 Å². The second-order valence-corrected chi connectivity index (χ2v) is 9.65. The molecule has 0 saturated heterocycles. The summed E-state index contributed by atoms with van der Waals surface area (Å²) in [5, 5.41) is 6.81. The van der Waals surface area contributed by atoms with Crippen molar-refractivity contribution < 1.29 is 26.0 Å². The average Bonchev–Trinajstić information content (AvgIpc) is 2.57. The van der Waals surface area contributed by atoms with Gasteiger partial charge in [0.05, 0.1) is 0 Å². The summed E-state index contributed by atoms with van der Waals surface area (Å²) in [6.45, 7) is 5.56. The molecule has 2 aliphatic rings. The molecule has 2 aromatic rings. The first-order chi connectivity index (χ1) is 11.9. The van der Waals surface area contributed by atoms with E-state index in [0.717, 1.165) is 33.7 Å². The first-order valence-corrected chi connectivity index (χ1v) is 10.4. The molecule has 1 aromatic heterocycles. The summed E-state index contributed by atoms with van der Waals surface area (Å²) in [6, 6.07) is 10.2. The molecule has 25 heavy (non-hydrogen) atoms. The first-order valence-electron chi connectivity index (χ1n) is 8.25. The van der Waals surface area contributed by atoms with Crippen molar-refractivity contribution in [1.29, 1.82) is 0 Å². The van der Waals surface area contributed by atoms with Crippen molar-refractivity contribution in [1.82, 2.24) is 4.98 Å². The third-order valence-electron chi connectivity index (χ3n) is 4.76. The number of benzene rings is 1. The molecule has 0 radical (unpaired) electrons. The van der Waals surface area contributed by atoms with Gasteiger partial charge in [-0.25, -0.2) is 0 Å². The maximum atomic E-state index is 11.7. The van der Waals surface area contributed by atoms with Crippen LogP contribution in [-0.4, -0.2) is 15.3 Å². The zero-order valence-electron chi connectivity index (χ0n) is 14.2. The number of fused-ring (bicyclic) bond motifs is 1. The van der Waals surface area contributed by atoms with E-state index < -0.39 is 21.2 Å². The van der Waals surface area contributed by atoms with Crippen LogP contribution in [-0.2, 0) is 10.2 Å². The molecule has 0 amide bonds. The summed E-state index contributed by atoms with van der Waals surface area (Å²) in [7, 11) is 0. The van der Waals surface area contributed by atoms with Crippen molar-refractivity contribution in [2.75, 3.05) is 17.2 Å². The van der Waals surface area contributed by atoms with Crippen molar-refractivity contribution in [2.45, 2.75) is 25.7 Å². The van der Waals surface area contributed by atoms with E-state index in [1.807, 2.05) is 12.1 Å². The van der Waals surface area contributed by atoms with Crippen molar-refractivity contribution >= 4 is 26.6 Å². The predicted octanol–water partition coefficient (Wildman–Crippen LogP) is 0.175. The normalized spacial score (nSPS) is 18.6. The van der Waals surface area contributed by atoms with E-state index in [1.165, 1.54) is 11.3 Å². The number of anilines is 3. The topological polar surface area (TPSA) is 80.0 Å². The van der Waals surface area contributed by atoms with Gasteiger partial charge in [-0.05, 0) is 0 Å². The van der Waals surface area contributed by atoms with E-state index in [4.69, 9.17) is 5.73 Å². The van der Waals surface area contributed by atoms with Crippen LogP contribution in [0.1, 0.15) is 31.4 Å². The Morgan fingerprint density at radius 3 is 2.80 bits per heavy atom. The molecule has 0 unspecified atom stereocenters. The summed E-state index contributed by atoms with van der Waals surface area (Å²) in [4.78, 5) is 16.1. The van der Waals surface area contributed by atoms with Gasteiger partial charge in [0, 0.05) is 6.54 Å². The van der Waals surface area contributed by atoms with Crippen LogP contribution < -0.4 is 37.6 Å². The van der Waals surface area contributed by atoms with Crippen LogP contribution >= 0.6 is 0 Å². The second-order valence-electron chi connectivity index (χ2n) is 6.97. The van der Waals surface area contributed by atoms with E-state index in [0.29, 0.717) is 5.57 Å². The molecule has 4 rings (SSSR count). The van der Waals surface area contributed by atoms with E-state index in [1.54, 1.807) is 6.20 Å². The number of halogens is 1. The third kappa shape index (κ3) is 2.99. The van der Waals surface area contributed by atoms with Gasteiger partial charge in [0.1, 0.15) is 0 Å². The van der Waals surface area contributed by atoms with Gasteiger partial charge in [-0.1, -0.05) is 0 Å². The number of carbonyl (C=O) groups is 1. The minimum atomic E-state index is -0.595. The Morgan fingerprint density at radius 2 is 2.12 bits per heavy atom. The number of nitrogens with two attached hydrogens (primary N) is 1. The van der Waals surface area contributed by atoms with Gasteiger partial charge in [-0.3, -0.25) is 0 Å². The quantitative estimate of drug-likeness (QED) is 0.356. The number of hydrogen-bond acceptors (Lipinski definition) is 5. The Morgan fingerprint density at radius 1 is 1.28 bits per heavy atom. The molecule has 0 saturated carbocycles.